The quantitative estimate of drug-likeness (QED) is 0.920. The van der Waals surface area contributed by atoms with Crippen LogP contribution in [0.15, 0.2) is 36.7 Å². The van der Waals surface area contributed by atoms with Crippen LogP contribution in [0.4, 0.5) is 0 Å². The van der Waals surface area contributed by atoms with Crippen molar-refractivity contribution >= 4 is 17.6 Å². The number of rotatable bonds is 4. The number of aromatic nitrogens is 2. The molecule has 0 radical (unpaired) electrons. The van der Waals surface area contributed by atoms with Gasteiger partial charge in [0.15, 0.2) is 5.69 Å². The highest BCUT2D eigenvalue weighted by molar-refractivity contribution is 6.30. The van der Waals surface area contributed by atoms with E-state index < -0.39 is 5.97 Å². The number of aryl methyl sites for hydroxylation is 2. The van der Waals surface area contributed by atoms with Gasteiger partial charge in [-0.3, -0.25) is 0 Å². The zero-order chi connectivity index (χ0) is 13.0. The van der Waals surface area contributed by atoms with Crippen LogP contribution in [-0.4, -0.2) is 21.0 Å². The molecular formula is C13H11ClN2O2. The zero-order valence-corrected chi connectivity index (χ0v) is 10.3. The minimum atomic E-state index is -1.04. The minimum absolute atomic E-state index is 0.0242. The summed E-state index contributed by atoms with van der Waals surface area (Å²) in [6.45, 7) is 0. The Morgan fingerprint density at radius 2 is 1.89 bits per heavy atom. The number of carboxylic acids is 1. The zero-order valence-electron chi connectivity index (χ0n) is 9.51. The third-order valence-corrected chi connectivity index (χ3v) is 2.78. The van der Waals surface area contributed by atoms with Crippen molar-refractivity contribution in [3.8, 4) is 0 Å². The molecule has 18 heavy (non-hydrogen) atoms. The number of benzene rings is 1. The number of aromatic carboxylic acids is 1. The van der Waals surface area contributed by atoms with Crippen LogP contribution in [0.1, 0.15) is 21.7 Å². The first kappa shape index (κ1) is 12.5. The third kappa shape index (κ3) is 3.28. The molecule has 0 aliphatic rings. The Balaban J connectivity index is 2.04. The highest BCUT2D eigenvalue weighted by atomic mass is 35.5. The van der Waals surface area contributed by atoms with E-state index in [1.54, 1.807) is 0 Å². The van der Waals surface area contributed by atoms with Crippen LogP contribution in [0.3, 0.4) is 0 Å². The summed E-state index contributed by atoms with van der Waals surface area (Å²) in [6.07, 6.45) is 2.73. The molecule has 0 bridgehead atoms. The summed E-state index contributed by atoms with van der Waals surface area (Å²) < 4.78 is 0. The fraction of sp³-hybridized carbons (Fsp3) is 0.154. The molecule has 5 heteroatoms. The SMILES string of the molecule is O=C(O)c1cc(CCc2ccc(Cl)cc2)ncn1. The van der Waals surface area contributed by atoms with Gasteiger partial charge in [0, 0.05) is 10.7 Å². The molecule has 0 atom stereocenters. The summed E-state index contributed by atoms with van der Waals surface area (Å²) >= 11 is 5.80. The van der Waals surface area contributed by atoms with Crippen molar-refractivity contribution in [2.75, 3.05) is 0 Å². The van der Waals surface area contributed by atoms with Crippen LogP contribution in [0.2, 0.25) is 5.02 Å². The van der Waals surface area contributed by atoms with Gasteiger partial charge in [0.2, 0.25) is 0 Å². The average molecular weight is 263 g/mol. The Morgan fingerprint density at radius 1 is 1.17 bits per heavy atom. The molecule has 1 aromatic heterocycles. The highest BCUT2D eigenvalue weighted by Gasteiger charge is 2.06. The Hall–Kier alpha value is -1.94. The fourth-order valence-corrected chi connectivity index (χ4v) is 1.70. The van der Waals surface area contributed by atoms with E-state index in [1.807, 2.05) is 24.3 Å². The lowest BCUT2D eigenvalue weighted by Crippen LogP contribution is -2.03. The molecule has 2 aromatic rings. The minimum Gasteiger partial charge on any atom is -0.477 e. The van der Waals surface area contributed by atoms with E-state index in [0.717, 1.165) is 17.7 Å². The summed E-state index contributed by atoms with van der Waals surface area (Å²) in [5.41, 5.74) is 1.88. The van der Waals surface area contributed by atoms with E-state index in [4.69, 9.17) is 16.7 Å². The lowest BCUT2D eigenvalue weighted by Gasteiger charge is -2.02. The maximum Gasteiger partial charge on any atom is 0.354 e. The number of carbonyl (C=O) groups is 1. The van der Waals surface area contributed by atoms with Crippen molar-refractivity contribution in [1.82, 2.24) is 9.97 Å². The van der Waals surface area contributed by atoms with Crippen LogP contribution >= 0.6 is 11.6 Å². The van der Waals surface area contributed by atoms with Gasteiger partial charge < -0.3 is 5.11 Å². The summed E-state index contributed by atoms with van der Waals surface area (Å²) in [4.78, 5) is 18.5. The van der Waals surface area contributed by atoms with Crippen LogP contribution in [0.25, 0.3) is 0 Å². The Bertz CT molecular complexity index is 555. The molecule has 1 heterocycles. The molecule has 1 N–H and O–H groups in total. The lowest BCUT2D eigenvalue weighted by molar-refractivity contribution is 0.0690. The number of hydrogen-bond acceptors (Lipinski definition) is 3. The largest absolute Gasteiger partial charge is 0.477 e. The van der Waals surface area contributed by atoms with Crippen molar-refractivity contribution < 1.29 is 9.90 Å². The van der Waals surface area contributed by atoms with E-state index in [-0.39, 0.29) is 5.69 Å². The Morgan fingerprint density at radius 3 is 2.56 bits per heavy atom. The van der Waals surface area contributed by atoms with Gasteiger partial charge in [-0.1, -0.05) is 23.7 Å². The number of nitrogens with zero attached hydrogens (tertiary/aromatic N) is 2. The van der Waals surface area contributed by atoms with E-state index >= 15 is 0 Å². The molecule has 92 valence electrons. The first-order valence-corrected chi connectivity index (χ1v) is 5.81. The summed E-state index contributed by atoms with van der Waals surface area (Å²) in [6, 6.07) is 9.06. The monoisotopic (exact) mass is 262 g/mol. The molecule has 0 aliphatic carbocycles. The maximum atomic E-state index is 10.8. The molecule has 2 rings (SSSR count). The molecule has 0 aliphatic heterocycles. The fourth-order valence-electron chi connectivity index (χ4n) is 1.57. The molecule has 0 fully saturated rings. The molecule has 0 unspecified atom stereocenters. The lowest BCUT2D eigenvalue weighted by atomic mass is 10.1. The van der Waals surface area contributed by atoms with Gasteiger partial charge in [0.1, 0.15) is 6.33 Å². The smallest absolute Gasteiger partial charge is 0.354 e. The van der Waals surface area contributed by atoms with Crippen LogP contribution in [0.5, 0.6) is 0 Å². The Labute approximate surface area is 109 Å². The molecule has 0 amide bonds. The van der Waals surface area contributed by atoms with E-state index in [2.05, 4.69) is 9.97 Å². The second kappa shape index (κ2) is 5.60. The summed E-state index contributed by atoms with van der Waals surface area (Å²) in [7, 11) is 0. The normalized spacial score (nSPS) is 10.3. The predicted octanol–water partition coefficient (Wildman–Crippen LogP) is 2.61. The van der Waals surface area contributed by atoms with E-state index in [0.29, 0.717) is 11.4 Å². The number of carboxylic acid groups (broad SMARTS) is 1. The van der Waals surface area contributed by atoms with Gasteiger partial charge in [-0.25, -0.2) is 14.8 Å². The number of halogens is 1. The second-order valence-corrected chi connectivity index (χ2v) is 4.26. The van der Waals surface area contributed by atoms with Gasteiger partial charge >= 0.3 is 5.97 Å². The van der Waals surface area contributed by atoms with Crippen molar-refractivity contribution in [3.05, 3.63) is 58.6 Å². The van der Waals surface area contributed by atoms with Gasteiger partial charge in [0.05, 0.1) is 0 Å². The van der Waals surface area contributed by atoms with E-state index in [9.17, 15) is 4.79 Å². The van der Waals surface area contributed by atoms with Crippen molar-refractivity contribution in [3.63, 3.8) is 0 Å². The maximum absolute atomic E-state index is 10.8. The average Bonchev–Trinajstić information content (AvgIpc) is 2.38. The van der Waals surface area contributed by atoms with Crippen LogP contribution in [0, 0.1) is 0 Å². The molecule has 1 aromatic carbocycles. The van der Waals surface area contributed by atoms with Gasteiger partial charge in [0.25, 0.3) is 0 Å². The summed E-state index contributed by atoms with van der Waals surface area (Å²) in [5.74, 6) is -1.04. The molecule has 0 saturated carbocycles. The van der Waals surface area contributed by atoms with Gasteiger partial charge in [-0.2, -0.15) is 0 Å². The first-order valence-electron chi connectivity index (χ1n) is 5.44. The third-order valence-electron chi connectivity index (χ3n) is 2.53. The Kier molecular flexibility index (Phi) is 3.89. The second-order valence-electron chi connectivity index (χ2n) is 3.83. The molecular weight excluding hydrogens is 252 g/mol. The van der Waals surface area contributed by atoms with Gasteiger partial charge in [-0.15, -0.1) is 0 Å². The standard InChI is InChI=1S/C13H11ClN2O2/c14-10-4-1-9(2-5-10)3-6-11-7-12(13(17)18)16-8-15-11/h1-2,4-5,7-8H,3,6H2,(H,17,18). The van der Waals surface area contributed by atoms with Crippen LogP contribution < -0.4 is 0 Å². The van der Waals surface area contributed by atoms with E-state index in [1.165, 1.54) is 12.4 Å². The summed E-state index contributed by atoms with van der Waals surface area (Å²) in [5, 5.41) is 9.52. The molecule has 0 spiro atoms. The first-order chi connectivity index (χ1) is 8.65. The van der Waals surface area contributed by atoms with Crippen molar-refractivity contribution in [2.24, 2.45) is 0 Å². The predicted molar refractivity (Wildman–Crippen MR) is 67.9 cm³/mol. The topological polar surface area (TPSA) is 63.1 Å². The highest BCUT2D eigenvalue weighted by Crippen LogP contribution is 2.11. The van der Waals surface area contributed by atoms with Crippen LogP contribution in [-0.2, 0) is 12.8 Å². The van der Waals surface area contributed by atoms with Crippen molar-refractivity contribution in [1.29, 1.82) is 0 Å². The van der Waals surface area contributed by atoms with Crippen molar-refractivity contribution in [2.45, 2.75) is 12.8 Å². The molecule has 0 saturated heterocycles. The molecule has 4 nitrogen and oxygen atoms in total. The number of hydrogen-bond donors (Lipinski definition) is 1. The van der Waals surface area contributed by atoms with Gasteiger partial charge in [-0.05, 0) is 36.6 Å².